The summed E-state index contributed by atoms with van der Waals surface area (Å²) in [6, 6.07) is 38.9. The molecule has 0 spiro atoms. The van der Waals surface area contributed by atoms with Gasteiger partial charge in [0, 0.05) is 115 Å². The molecule has 0 bridgehead atoms. The highest BCUT2D eigenvalue weighted by atomic mass is 79.9. The molecule has 0 unspecified atom stereocenters. The van der Waals surface area contributed by atoms with Crippen LogP contribution in [0.1, 0.15) is 193 Å². The van der Waals surface area contributed by atoms with E-state index in [9.17, 15) is 19.2 Å². The fraction of sp³-hybridized carbons (Fsp3) is 0.457. The van der Waals surface area contributed by atoms with Gasteiger partial charge in [-0.05, 0) is 268 Å². The molecule has 4 amide bonds. The van der Waals surface area contributed by atoms with Gasteiger partial charge in [0.15, 0.2) is 11.3 Å². The van der Waals surface area contributed by atoms with Crippen LogP contribution in [0.4, 0.5) is 11.4 Å². The number of nitrogens with one attached hydrogen (secondary N) is 6. The number of aromatic nitrogens is 8. The van der Waals surface area contributed by atoms with Crippen molar-refractivity contribution in [2.24, 2.45) is 11.8 Å². The zero-order valence-corrected chi connectivity index (χ0v) is 73.9. The smallest absolute Gasteiger partial charge is 0.399 e. The molecule has 24 nitrogen and oxygen atoms in total. The number of carbonyl (C=O) groups is 4. The topological polar surface area (TPSA) is 271 Å². The summed E-state index contributed by atoms with van der Waals surface area (Å²) in [5, 5.41) is 31.6. The molecule has 5 fully saturated rings. The van der Waals surface area contributed by atoms with E-state index in [1.165, 1.54) is 56.3 Å². The molecule has 0 atom stereocenters. The number of piperidine rings is 2. The molecule has 6 aromatic heterocycles. The molecule has 0 aliphatic carbocycles. The second-order valence-corrected chi connectivity index (χ2v) is 34.7. The molecular weight excluding hydrogens is 1620 g/mol. The number of ether oxygens (including phenoxy) is 2. The lowest BCUT2D eigenvalue weighted by molar-refractivity contribution is 0.00578. The van der Waals surface area contributed by atoms with Crippen LogP contribution in [0.2, 0.25) is 10.0 Å². The maximum absolute atomic E-state index is 13.5. The van der Waals surface area contributed by atoms with E-state index in [-0.39, 0.29) is 96.4 Å². The maximum atomic E-state index is 13.5. The number of hydrogen-bond donors (Lipinski definition) is 6. The number of rotatable bonds is 26. The number of nitrogens with zero attached hydrogens (tertiary/aromatic N) is 10. The molecule has 120 heavy (non-hydrogen) atoms. The van der Waals surface area contributed by atoms with Crippen molar-refractivity contribution < 1.29 is 38.0 Å². The third-order valence-corrected chi connectivity index (χ3v) is 25.5. The minimum Gasteiger partial charge on any atom is -0.399 e. The van der Waals surface area contributed by atoms with Crippen LogP contribution in [0.5, 0.6) is 0 Å². The van der Waals surface area contributed by atoms with Crippen LogP contribution < -0.4 is 37.4 Å². The van der Waals surface area contributed by atoms with Crippen LogP contribution in [-0.4, -0.2) is 170 Å². The highest BCUT2D eigenvalue weighted by Crippen LogP contribution is 2.39. The molecule has 28 heteroatoms. The summed E-state index contributed by atoms with van der Waals surface area (Å²) in [5.41, 5.74) is 14.9. The number of halogens is 3. The van der Waals surface area contributed by atoms with Crippen LogP contribution in [-0.2, 0) is 83.7 Å². The zero-order chi connectivity index (χ0) is 84.6. The van der Waals surface area contributed by atoms with Gasteiger partial charge in [0.25, 0.3) is 23.6 Å². The molecule has 6 N–H and O–H groups in total. The van der Waals surface area contributed by atoms with E-state index >= 15 is 0 Å². The first kappa shape index (κ1) is 88.6. The van der Waals surface area contributed by atoms with Crippen LogP contribution in [0, 0.1) is 11.8 Å². The van der Waals surface area contributed by atoms with Gasteiger partial charge in [-0.3, -0.25) is 19.2 Å². The van der Waals surface area contributed by atoms with Gasteiger partial charge in [0.2, 0.25) is 0 Å². The minimum atomic E-state index is -0.380. The summed E-state index contributed by atoms with van der Waals surface area (Å²) >= 11 is 16.2. The molecule has 11 heterocycles. The van der Waals surface area contributed by atoms with Gasteiger partial charge in [-0.15, -0.1) is 0 Å². The standard InChI is InChI=1S/C43H51ClN8O3.C30H33BrClN7O3.C19H30BNO2/c1-4-37-34(40(48-32-16-20-55-21-17-32)35-27-47-52(5-2)41(35)50-37)26-46-43(54)39-11-7-10-38(49-39)42(53)45-25-30-12-13-36(44)33(24-30)31-9-6-8-29(23-31)22-28-14-18-51(3)19-15-28;1-3-24-20(27(36-19-10-12-42-13-11-19)21-17-35-39(4-2)28(21)38-24)16-34-30(41)26-7-5-6-25(37-26)29(40)33-15-18-8-9-23(32)22(31)14-18;1-18(2)19(3,4)23-20(22-18)17-8-6-7-16(14-17)13-15-9-11-21(5)12-10-15/h6-13,23-24,27-28,32H,4-5,14-22,25-26H2,1-3H3,(H,45,53)(H,46,54)(H,48,50);5-9,14,17,19H,3-4,10-13,15-16H2,1-2H3,(H,33,40)(H,34,41)(H,36,38);6-8,14-15H,9-13H2,1-5H3. The highest BCUT2D eigenvalue weighted by molar-refractivity contribution is 9.10. The Morgan fingerprint density at radius 1 is 0.483 bits per heavy atom. The lowest BCUT2D eigenvalue weighted by Gasteiger charge is -2.32. The largest absolute Gasteiger partial charge is 0.494 e. The van der Waals surface area contributed by atoms with Gasteiger partial charge >= 0.3 is 7.12 Å². The van der Waals surface area contributed by atoms with E-state index in [1.807, 2.05) is 65.9 Å². The van der Waals surface area contributed by atoms with Crippen molar-refractivity contribution >= 4 is 109 Å². The van der Waals surface area contributed by atoms with Crippen LogP contribution in [0.3, 0.4) is 0 Å². The number of hydrogen-bond acceptors (Lipinski definition) is 18. The zero-order valence-electron chi connectivity index (χ0n) is 70.8. The number of pyridine rings is 4. The Bertz CT molecular complexity index is 5210. The first-order valence-electron chi connectivity index (χ1n) is 42.6. The fourth-order valence-corrected chi connectivity index (χ4v) is 16.9. The van der Waals surface area contributed by atoms with Crippen LogP contribution in [0.25, 0.3) is 33.2 Å². The average Bonchev–Trinajstić information content (AvgIpc) is 1.59. The summed E-state index contributed by atoms with van der Waals surface area (Å²) in [6.07, 6.45) is 15.9. The molecule has 0 saturated carbocycles. The van der Waals surface area contributed by atoms with Crippen molar-refractivity contribution in [1.82, 2.24) is 70.6 Å². The highest BCUT2D eigenvalue weighted by Gasteiger charge is 2.52. The third-order valence-electron chi connectivity index (χ3n) is 24.0. The van der Waals surface area contributed by atoms with Crippen LogP contribution in [0.15, 0.2) is 138 Å². The van der Waals surface area contributed by atoms with Gasteiger partial charge in [-0.1, -0.05) is 110 Å². The quantitative estimate of drug-likeness (QED) is 0.0275. The monoisotopic (exact) mass is 1730 g/mol. The van der Waals surface area contributed by atoms with Crippen molar-refractivity contribution in [2.45, 2.75) is 195 Å². The normalized spacial score (nSPS) is 16.8. The maximum Gasteiger partial charge on any atom is 0.494 e. The predicted molar refractivity (Wildman–Crippen MR) is 479 cm³/mol. The van der Waals surface area contributed by atoms with Gasteiger partial charge in [-0.25, -0.2) is 29.3 Å². The molecular formula is C92H114BBrCl2N16O8. The first-order chi connectivity index (χ1) is 57.9. The van der Waals surface area contributed by atoms with Crippen molar-refractivity contribution in [3.63, 3.8) is 0 Å². The Hall–Kier alpha value is -9.22. The predicted octanol–water partition coefficient (Wildman–Crippen LogP) is 15.2. The molecule has 0 radical (unpaired) electrons. The molecule has 5 aliphatic heterocycles. The fourth-order valence-electron chi connectivity index (χ4n) is 16.1. The van der Waals surface area contributed by atoms with E-state index in [4.69, 9.17) is 52.0 Å². The Morgan fingerprint density at radius 2 is 0.892 bits per heavy atom. The number of fused-ring (bicyclic) bond motifs is 2. The number of amides is 4. The first-order valence-corrected chi connectivity index (χ1v) is 44.1. The second kappa shape index (κ2) is 41.1. The Balaban J connectivity index is 0.000000168. The van der Waals surface area contributed by atoms with Crippen molar-refractivity contribution in [3.8, 4) is 11.1 Å². The summed E-state index contributed by atoms with van der Waals surface area (Å²) in [4.78, 5) is 76.5. The molecule has 634 valence electrons. The third kappa shape index (κ3) is 22.4. The van der Waals surface area contributed by atoms with E-state index in [2.05, 4.69) is 182 Å². The van der Waals surface area contributed by atoms with Gasteiger partial charge < -0.3 is 60.5 Å². The molecule has 10 aromatic rings. The number of carbonyl (C=O) groups excluding carboxylic acids is 4. The minimum absolute atomic E-state index is 0.154. The average molecular weight is 1730 g/mol. The molecule has 15 rings (SSSR count). The molecule has 5 aliphatic rings. The molecule has 5 saturated heterocycles. The summed E-state index contributed by atoms with van der Waals surface area (Å²) in [6.45, 7) is 26.7. The number of anilines is 2. The van der Waals surface area contributed by atoms with Gasteiger partial charge in [-0.2, -0.15) is 10.2 Å². The summed E-state index contributed by atoms with van der Waals surface area (Å²) in [7, 11) is 4.16. The Morgan fingerprint density at radius 3 is 1.32 bits per heavy atom. The van der Waals surface area contributed by atoms with E-state index in [0.717, 1.165) is 139 Å². The number of benzene rings is 4. The SMILES string of the molecule is CCc1nc2c(cnn2CC)c(NC2CCOCC2)c1CNC(=O)c1cccc(C(=O)NCc2ccc(Cl)c(-c3cccc(CC4CCN(C)CC4)c3)c2)n1.CCc1nc2c(cnn2CC)c(NC2CCOCC2)c1CNC(=O)c1cccc(C(=O)NCc2ccc(Cl)c(Br)c2)n1.CN1CCC(Cc2cccc(B3OC(C)(C)C(C)(C)O3)c2)CC1. The summed E-state index contributed by atoms with van der Waals surface area (Å²) < 4.78 is 28.0. The Kier molecular flexibility index (Phi) is 30.3. The van der Waals surface area contributed by atoms with E-state index in [0.29, 0.717) is 74.9 Å². The summed E-state index contributed by atoms with van der Waals surface area (Å²) in [5.74, 6) is -0.00935. The van der Waals surface area contributed by atoms with Gasteiger partial charge in [0.05, 0.1) is 50.8 Å². The Labute approximate surface area is 723 Å². The van der Waals surface area contributed by atoms with Crippen molar-refractivity contribution in [1.29, 1.82) is 0 Å². The van der Waals surface area contributed by atoms with Gasteiger partial charge in [0.1, 0.15) is 22.8 Å². The number of aryl methyl sites for hydroxylation is 4. The van der Waals surface area contributed by atoms with Crippen molar-refractivity contribution in [2.75, 3.05) is 77.3 Å². The lowest BCUT2D eigenvalue weighted by atomic mass is 9.77. The lowest BCUT2D eigenvalue weighted by Crippen LogP contribution is -2.41. The van der Waals surface area contributed by atoms with E-state index < -0.39 is 0 Å². The van der Waals surface area contributed by atoms with Crippen molar-refractivity contribution in [3.05, 3.63) is 216 Å². The van der Waals surface area contributed by atoms with E-state index in [1.54, 1.807) is 42.5 Å². The van der Waals surface area contributed by atoms with Crippen LogP contribution >= 0.6 is 39.1 Å². The number of likely N-dealkylation sites (tertiary alicyclic amines) is 2. The molecule has 4 aromatic carbocycles. The second-order valence-electron chi connectivity index (χ2n) is 33.0.